The van der Waals surface area contributed by atoms with Crippen LogP contribution in [0.25, 0.3) is 22.0 Å². The Morgan fingerprint density at radius 3 is 2.41 bits per heavy atom. The lowest BCUT2D eigenvalue weighted by molar-refractivity contribution is 0.0218. The Morgan fingerprint density at radius 2 is 1.80 bits per heavy atom. The highest BCUT2D eigenvalue weighted by atomic mass is 16.6. The summed E-state index contributed by atoms with van der Waals surface area (Å²) in [5.41, 5.74) is 5.75. The summed E-state index contributed by atoms with van der Waals surface area (Å²) in [5, 5.41) is 3.90. The van der Waals surface area contributed by atoms with E-state index in [4.69, 9.17) is 9.72 Å². The van der Waals surface area contributed by atoms with Crippen molar-refractivity contribution in [1.82, 2.24) is 24.8 Å². The number of amides is 2. The number of nitrogens with one attached hydrogen (secondary N) is 2. The summed E-state index contributed by atoms with van der Waals surface area (Å²) in [7, 11) is 0. The van der Waals surface area contributed by atoms with Crippen molar-refractivity contribution in [3.63, 3.8) is 0 Å². The predicted molar refractivity (Wildman–Crippen MR) is 183 cm³/mol. The number of nitrogens with zero attached hydrogens (tertiary/aromatic N) is 4. The molecule has 0 spiro atoms. The van der Waals surface area contributed by atoms with Crippen LogP contribution >= 0.6 is 0 Å². The molecule has 1 fully saturated rings. The third kappa shape index (κ3) is 6.80. The summed E-state index contributed by atoms with van der Waals surface area (Å²) in [5.74, 6) is 0.594. The van der Waals surface area contributed by atoms with Crippen molar-refractivity contribution in [2.24, 2.45) is 0 Å². The number of aryl methyl sites for hydroxylation is 3. The third-order valence-electron chi connectivity index (χ3n) is 8.50. The zero-order chi connectivity index (χ0) is 33.5. The number of carbonyl (C=O) groups excluding carboxylic acids is 2. The summed E-state index contributed by atoms with van der Waals surface area (Å²) < 4.78 is 7.76. The van der Waals surface area contributed by atoms with Gasteiger partial charge in [-0.1, -0.05) is 0 Å². The summed E-state index contributed by atoms with van der Waals surface area (Å²) in [6.07, 6.45) is 3.64. The van der Waals surface area contributed by atoms with Gasteiger partial charge in [-0.3, -0.25) is 9.59 Å². The second kappa shape index (κ2) is 12.7. The minimum Gasteiger partial charge on any atom is -0.444 e. The maximum Gasteiger partial charge on any atom is 0.410 e. The zero-order valence-corrected chi connectivity index (χ0v) is 28.4. The largest absolute Gasteiger partial charge is 0.444 e. The van der Waals surface area contributed by atoms with Crippen LogP contribution in [-0.4, -0.2) is 62.7 Å². The van der Waals surface area contributed by atoms with Crippen LogP contribution in [0.3, 0.4) is 0 Å². The molecular weight excluding hydrogens is 580 g/mol. The molecule has 1 aromatic carbocycles. The number of hydrogen-bond acceptors (Lipinski definition) is 6. The first kappa shape index (κ1) is 32.8. The molecule has 1 atom stereocenters. The highest BCUT2D eigenvalue weighted by molar-refractivity contribution is 6.09. The molecule has 0 radical (unpaired) electrons. The van der Waals surface area contributed by atoms with Gasteiger partial charge in [-0.05, 0) is 109 Å². The van der Waals surface area contributed by atoms with Crippen molar-refractivity contribution in [3.8, 4) is 11.1 Å². The molecule has 4 heterocycles. The average Bonchev–Trinajstić information content (AvgIpc) is 3.31. The fourth-order valence-corrected chi connectivity index (χ4v) is 6.24. The van der Waals surface area contributed by atoms with Crippen molar-refractivity contribution in [1.29, 1.82) is 0 Å². The Balaban J connectivity index is 1.42. The summed E-state index contributed by atoms with van der Waals surface area (Å²) >= 11 is 0. The fraction of sp³-hybridized carbons (Fsp3) is 0.444. The van der Waals surface area contributed by atoms with E-state index in [-0.39, 0.29) is 36.2 Å². The lowest BCUT2D eigenvalue weighted by Crippen LogP contribution is -2.54. The van der Waals surface area contributed by atoms with Crippen molar-refractivity contribution >= 4 is 28.7 Å². The minimum absolute atomic E-state index is 0.0629. The Hall–Kier alpha value is -4.60. The molecule has 0 aliphatic carbocycles. The molecule has 0 saturated carbocycles. The van der Waals surface area contributed by atoms with Crippen LogP contribution in [0.5, 0.6) is 0 Å². The van der Waals surface area contributed by atoms with Crippen LogP contribution in [0.15, 0.2) is 47.5 Å². The number of hydrogen-bond donors (Lipinski definition) is 2. The van der Waals surface area contributed by atoms with Gasteiger partial charge >= 0.3 is 6.09 Å². The highest BCUT2D eigenvalue weighted by Crippen LogP contribution is 2.33. The molecule has 2 amide bonds. The van der Waals surface area contributed by atoms with Crippen LogP contribution in [0.4, 0.5) is 10.6 Å². The number of fused-ring (bicyclic) bond motifs is 1. The first-order valence-corrected chi connectivity index (χ1v) is 16.0. The van der Waals surface area contributed by atoms with Crippen LogP contribution < -0.4 is 15.8 Å². The van der Waals surface area contributed by atoms with Crippen molar-refractivity contribution in [3.05, 3.63) is 81.0 Å². The molecule has 244 valence electrons. The topological polar surface area (TPSA) is 113 Å². The molecule has 1 saturated heterocycles. The number of H-pyrrole nitrogens is 1. The Kier molecular flexibility index (Phi) is 9.02. The van der Waals surface area contributed by atoms with E-state index >= 15 is 0 Å². The lowest BCUT2D eigenvalue weighted by Gasteiger charge is -2.40. The van der Waals surface area contributed by atoms with Gasteiger partial charge in [-0.25, -0.2) is 9.78 Å². The van der Waals surface area contributed by atoms with Gasteiger partial charge < -0.3 is 29.4 Å². The highest BCUT2D eigenvalue weighted by Gasteiger charge is 2.30. The van der Waals surface area contributed by atoms with E-state index in [1.807, 2.05) is 72.0 Å². The normalized spacial score (nSPS) is 15.5. The minimum atomic E-state index is -0.535. The molecule has 4 aromatic rings. The summed E-state index contributed by atoms with van der Waals surface area (Å²) in [4.78, 5) is 50.6. The first-order valence-electron chi connectivity index (χ1n) is 16.0. The number of piperazine rings is 1. The Morgan fingerprint density at radius 1 is 1.07 bits per heavy atom. The molecule has 5 rings (SSSR count). The van der Waals surface area contributed by atoms with Gasteiger partial charge in [0.1, 0.15) is 11.4 Å². The number of aromatic nitrogens is 3. The standard InChI is InChI=1S/C36H46N6O4/c1-21(2)42-19-23(4)32-28(33(43)38-18-29-22(3)14-24(5)39-34(29)44)15-27(16-30(32)42)26-10-11-31(37-17-26)41-13-12-40(20-25(41)6)35(45)46-36(7,8)9/h10-11,14-17,19,21,25H,12-13,18,20H2,1-9H3,(H,38,43)(H,39,44)/t25-/m1/s1. The van der Waals surface area contributed by atoms with E-state index in [0.29, 0.717) is 30.8 Å². The SMILES string of the molecule is Cc1cc(C)c(CNC(=O)c2cc(-c3ccc(N4CCN(C(=O)OC(C)(C)C)C[C@H]4C)nc3)cc3c2c(C)cn3C(C)C)c(=O)[nH]1. The van der Waals surface area contributed by atoms with E-state index in [2.05, 4.69) is 52.8 Å². The number of pyridine rings is 2. The average molecular weight is 627 g/mol. The molecule has 0 bridgehead atoms. The number of ether oxygens (including phenoxy) is 1. The van der Waals surface area contributed by atoms with E-state index in [1.165, 1.54) is 0 Å². The number of anilines is 1. The molecular formula is C36H46N6O4. The Bertz CT molecular complexity index is 1830. The number of rotatable bonds is 6. The van der Waals surface area contributed by atoms with E-state index in [0.717, 1.165) is 44.7 Å². The molecule has 10 heteroatoms. The van der Waals surface area contributed by atoms with Crippen LogP contribution in [0, 0.1) is 20.8 Å². The Labute approximate surface area is 270 Å². The second-order valence-corrected chi connectivity index (χ2v) is 13.7. The van der Waals surface area contributed by atoms with Crippen LogP contribution in [-0.2, 0) is 11.3 Å². The van der Waals surface area contributed by atoms with Gasteiger partial charge in [-0.2, -0.15) is 0 Å². The van der Waals surface area contributed by atoms with Crippen molar-refractivity contribution in [2.45, 2.75) is 86.5 Å². The maximum absolute atomic E-state index is 13.8. The second-order valence-electron chi connectivity index (χ2n) is 13.7. The number of benzene rings is 1. The molecule has 0 unspecified atom stereocenters. The van der Waals surface area contributed by atoms with Gasteiger partial charge in [0.25, 0.3) is 11.5 Å². The molecule has 1 aliphatic rings. The van der Waals surface area contributed by atoms with E-state index in [1.54, 1.807) is 4.90 Å². The summed E-state index contributed by atoms with van der Waals surface area (Å²) in [6, 6.07) is 10.2. The van der Waals surface area contributed by atoms with Gasteiger partial charge in [-0.15, -0.1) is 0 Å². The smallest absolute Gasteiger partial charge is 0.410 e. The van der Waals surface area contributed by atoms with Gasteiger partial charge in [0, 0.05) is 83.9 Å². The molecule has 2 N–H and O–H groups in total. The number of aromatic amines is 1. The number of carbonyl (C=O) groups is 2. The van der Waals surface area contributed by atoms with Crippen LogP contribution in [0.1, 0.15) is 80.3 Å². The van der Waals surface area contributed by atoms with E-state index in [9.17, 15) is 14.4 Å². The van der Waals surface area contributed by atoms with Gasteiger partial charge in [0.05, 0.1) is 0 Å². The quantitative estimate of drug-likeness (QED) is 0.261. The fourth-order valence-electron chi connectivity index (χ4n) is 6.24. The monoisotopic (exact) mass is 626 g/mol. The van der Waals surface area contributed by atoms with Crippen molar-refractivity contribution in [2.75, 3.05) is 24.5 Å². The van der Waals surface area contributed by atoms with Crippen LogP contribution in [0.2, 0.25) is 0 Å². The van der Waals surface area contributed by atoms with Crippen molar-refractivity contribution < 1.29 is 14.3 Å². The molecule has 3 aromatic heterocycles. The first-order chi connectivity index (χ1) is 21.6. The maximum atomic E-state index is 13.8. The summed E-state index contributed by atoms with van der Waals surface area (Å²) in [6.45, 7) is 19.6. The molecule has 1 aliphatic heterocycles. The molecule has 46 heavy (non-hydrogen) atoms. The third-order valence-corrected chi connectivity index (χ3v) is 8.50. The predicted octanol–water partition coefficient (Wildman–Crippen LogP) is 6.27. The lowest BCUT2D eigenvalue weighted by atomic mass is 9.98. The van der Waals surface area contributed by atoms with E-state index < -0.39 is 5.60 Å². The zero-order valence-electron chi connectivity index (χ0n) is 28.4. The van der Waals surface area contributed by atoms with Gasteiger partial charge in [0.15, 0.2) is 0 Å². The van der Waals surface area contributed by atoms with Gasteiger partial charge in [0.2, 0.25) is 0 Å². The molecule has 10 nitrogen and oxygen atoms in total.